The molecule has 2 N–H and O–H groups in total. The van der Waals surface area contributed by atoms with Gasteiger partial charge < -0.3 is 10.5 Å². The third-order valence-corrected chi connectivity index (χ3v) is 4.64. The van der Waals surface area contributed by atoms with Gasteiger partial charge in [-0.2, -0.15) is 0 Å². The zero-order valence-electron chi connectivity index (χ0n) is 14.8. The van der Waals surface area contributed by atoms with Crippen LogP contribution in [0.2, 0.25) is 0 Å². The Bertz CT molecular complexity index is 942. The van der Waals surface area contributed by atoms with Gasteiger partial charge in [-0.15, -0.1) is 0 Å². The molecule has 0 bridgehead atoms. The van der Waals surface area contributed by atoms with E-state index in [2.05, 4.69) is 33.1 Å². The van der Waals surface area contributed by atoms with Crippen LogP contribution in [-0.2, 0) is 19.5 Å². The standard InChI is InChI=1S/C21H20N4O2/c22-21(26)17-4-6-20(24-12-17)27-19-5-3-18-14-25(9-7-16(18)10-19)13-15-2-1-8-23-11-15/h1-6,8,10-12H,7,9,13-14H2,(H2,22,26). The Hall–Kier alpha value is -3.25. The van der Waals surface area contributed by atoms with Gasteiger partial charge in [-0.3, -0.25) is 14.7 Å². The number of hydrogen-bond donors (Lipinski definition) is 1. The van der Waals surface area contributed by atoms with E-state index in [0.29, 0.717) is 11.4 Å². The Kier molecular flexibility index (Phi) is 4.80. The van der Waals surface area contributed by atoms with Gasteiger partial charge in [-0.05, 0) is 47.4 Å². The number of ether oxygens (including phenoxy) is 1. The van der Waals surface area contributed by atoms with Crippen LogP contribution in [0.3, 0.4) is 0 Å². The van der Waals surface area contributed by atoms with Crippen LogP contribution in [0.25, 0.3) is 0 Å². The first-order valence-electron chi connectivity index (χ1n) is 8.84. The Morgan fingerprint density at radius 3 is 2.81 bits per heavy atom. The molecule has 0 radical (unpaired) electrons. The van der Waals surface area contributed by atoms with E-state index in [4.69, 9.17) is 10.5 Å². The number of aromatic nitrogens is 2. The van der Waals surface area contributed by atoms with Gasteiger partial charge in [-0.25, -0.2) is 4.98 Å². The van der Waals surface area contributed by atoms with Crippen LogP contribution in [0, 0.1) is 0 Å². The zero-order chi connectivity index (χ0) is 18.6. The van der Waals surface area contributed by atoms with E-state index < -0.39 is 5.91 Å². The van der Waals surface area contributed by atoms with Gasteiger partial charge in [0.2, 0.25) is 11.8 Å². The van der Waals surface area contributed by atoms with Crippen LogP contribution in [0.5, 0.6) is 11.6 Å². The molecule has 1 aromatic carbocycles. The van der Waals surface area contributed by atoms with Crippen molar-refractivity contribution in [3.63, 3.8) is 0 Å². The molecule has 0 aliphatic carbocycles. The second-order valence-corrected chi connectivity index (χ2v) is 6.60. The van der Waals surface area contributed by atoms with Gasteiger partial charge in [0, 0.05) is 44.3 Å². The van der Waals surface area contributed by atoms with Gasteiger partial charge in [-0.1, -0.05) is 12.1 Å². The lowest BCUT2D eigenvalue weighted by molar-refractivity contribution is 0.1000. The quantitative estimate of drug-likeness (QED) is 0.757. The molecule has 0 atom stereocenters. The fourth-order valence-corrected chi connectivity index (χ4v) is 3.24. The normalized spacial score (nSPS) is 13.8. The van der Waals surface area contributed by atoms with Crippen molar-refractivity contribution in [3.05, 3.63) is 83.3 Å². The van der Waals surface area contributed by atoms with E-state index in [1.165, 1.54) is 22.9 Å². The average molecular weight is 360 g/mol. The molecule has 4 rings (SSSR count). The van der Waals surface area contributed by atoms with Gasteiger partial charge in [0.25, 0.3) is 0 Å². The minimum Gasteiger partial charge on any atom is -0.439 e. The zero-order valence-corrected chi connectivity index (χ0v) is 14.8. The van der Waals surface area contributed by atoms with Gasteiger partial charge in [0.05, 0.1) is 5.56 Å². The molecular formula is C21H20N4O2. The number of primary amides is 1. The maximum atomic E-state index is 11.1. The summed E-state index contributed by atoms with van der Waals surface area (Å²) >= 11 is 0. The number of fused-ring (bicyclic) bond motifs is 1. The first-order valence-corrected chi connectivity index (χ1v) is 8.84. The van der Waals surface area contributed by atoms with E-state index >= 15 is 0 Å². The van der Waals surface area contributed by atoms with Crippen LogP contribution in [0.4, 0.5) is 0 Å². The summed E-state index contributed by atoms with van der Waals surface area (Å²) in [6.45, 7) is 2.81. The average Bonchev–Trinajstić information content (AvgIpc) is 2.69. The summed E-state index contributed by atoms with van der Waals surface area (Å²) < 4.78 is 5.82. The van der Waals surface area contributed by atoms with E-state index in [1.807, 2.05) is 18.3 Å². The number of pyridine rings is 2. The van der Waals surface area contributed by atoms with Crippen molar-refractivity contribution in [2.24, 2.45) is 5.73 Å². The molecule has 0 spiro atoms. The summed E-state index contributed by atoms with van der Waals surface area (Å²) in [4.78, 5) is 21.8. The first kappa shape index (κ1) is 17.2. The minimum absolute atomic E-state index is 0.362. The van der Waals surface area contributed by atoms with Crippen LogP contribution in [0.1, 0.15) is 27.0 Å². The van der Waals surface area contributed by atoms with Gasteiger partial charge in [0.1, 0.15) is 5.75 Å². The maximum absolute atomic E-state index is 11.1. The predicted octanol–water partition coefficient (Wildman–Crippen LogP) is 2.93. The van der Waals surface area contributed by atoms with Gasteiger partial charge in [0.15, 0.2) is 0 Å². The number of hydrogen-bond acceptors (Lipinski definition) is 5. The highest BCUT2D eigenvalue weighted by molar-refractivity contribution is 5.92. The molecule has 0 saturated carbocycles. The van der Waals surface area contributed by atoms with E-state index in [9.17, 15) is 4.79 Å². The molecule has 3 heterocycles. The molecule has 0 saturated heterocycles. The Morgan fingerprint density at radius 1 is 1.15 bits per heavy atom. The third-order valence-electron chi connectivity index (χ3n) is 4.64. The topological polar surface area (TPSA) is 81.3 Å². The monoisotopic (exact) mass is 360 g/mol. The van der Waals surface area contributed by atoms with E-state index in [-0.39, 0.29) is 0 Å². The molecule has 1 amide bonds. The van der Waals surface area contributed by atoms with Gasteiger partial charge >= 0.3 is 0 Å². The van der Waals surface area contributed by atoms with E-state index in [0.717, 1.165) is 31.8 Å². The molecule has 0 unspecified atom stereocenters. The molecule has 0 fully saturated rings. The number of nitrogens with two attached hydrogens (primary N) is 1. The molecule has 2 aromatic heterocycles. The Labute approximate surface area is 157 Å². The number of carbonyl (C=O) groups is 1. The van der Waals surface area contributed by atoms with Crippen LogP contribution in [-0.4, -0.2) is 27.3 Å². The first-order chi connectivity index (χ1) is 13.2. The third kappa shape index (κ3) is 4.12. The lowest BCUT2D eigenvalue weighted by Gasteiger charge is -2.29. The second-order valence-electron chi connectivity index (χ2n) is 6.60. The second kappa shape index (κ2) is 7.55. The molecule has 136 valence electrons. The van der Waals surface area contributed by atoms with E-state index in [1.54, 1.807) is 18.3 Å². The fourth-order valence-electron chi connectivity index (χ4n) is 3.24. The molecule has 3 aromatic rings. The lowest BCUT2D eigenvalue weighted by Crippen LogP contribution is -2.30. The maximum Gasteiger partial charge on any atom is 0.250 e. The van der Waals surface area contributed by atoms with Crippen molar-refractivity contribution in [2.75, 3.05) is 6.54 Å². The van der Waals surface area contributed by atoms with Crippen molar-refractivity contribution in [2.45, 2.75) is 19.5 Å². The largest absolute Gasteiger partial charge is 0.439 e. The summed E-state index contributed by atoms with van der Waals surface area (Å²) in [7, 11) is 0. The van der Waals surface area contributed by atoms with Crippen molar-refractivity contribution < 1.29 is 9.53 Å². The molecule has 6 heteroatoms. The molecular weight excluding hydrogens is 340 g/mol. The van der Waals surface area contributed by atoms with Crippen molar-refractivity contribution >= 4 is 5.91 Å². The van der Waals surface area contributed by atoms with Crippen LogP contribution >= 0.6 is 0 Å². The fraction of sp³-hybridized carbons (Fsp3) is 0.190. The number of benzene rings is 1. The highest BCUT2D eigenvalue weighted by atomic mass is 16.5. The number of nitrogens with zero attached hydrogens (tertiary/aromatic N) is 3. The SMILES string of the molecule is NC(=O)c1ccc(Oc2ccc3c(c2)CCN(Cc2cccnc2)C3)nc1. The van der Waals surface area contributed by atoms with Crippen molar-refractivity contribution in [1.82, 2.24) is 14.9 Å². The predicted molar refractivity (Wildman–Crippen MR) is 101 cm³/mol. The Morgan fingerprint density at radius 2 is 2.07 bits per heavy atom. The number of carbonyl (C=O) groups excluding carboxylic acids is 1. The number of amides is 1. The summed E-state index contributed by atoms with van der Waals surface area (Å²) in [5, 5.41) is 0. The van der Waals surface area contributed by atoms with Crippen molar-refractivity contribution in [1.29, 1.82) is 0 Å². The van der Waals surface area contributed by atoms with Crippen LogP contribution in [0.15, 0.2) is 61.1 Å². The highest BCUT2D eigenvalue weighted by Gasteiger charge is 2.17. The molecule has 1 aliphatic heterocycles. The lowest BCUT2D eigenvalue weighted by atomic mass is 9.99. The molecule has 27 heavy (non-hydrogen) atoms. The molecule has 6 nitrogen and oxygen atoms in total. The summed E-state index contributed by atoms with van der Waals surface area (Å²) in [5.41, 5.74) is 9.43. The highest BCUT2D eigenvalue weighted by Crippen LogP contribution is 2.27. The summed E-state index contributed by atoms with van der Waals surface area (Å²) in [6, 6.07) is 13.5. The molecule has 1 aliphatic rings. The van der Waals surface area contributed by atoms with Crippen LogP contribution < -0.4 is 10.5 Å². The Balaban J connectivity index is 1.43. The number of rotatable bonds is 5. The summed E-state index contributed by atoms with van der Waals surface area (Å²) in [5.74, 6) is 0.682. The van der Waals surface area contributed by atoms with Crippen molar-refractivity contribution in [3.8, 4) is 11.6 Å². The smallest absolute Gasteiger partial charge is 0.250 e. The minimum atomic E-state index is -0.501. The summed E-state index contributed by atoms with van der Waals surface area (Å²) in [6.07, 6.45) is 6.11.